The zero-order valence-electron chi connectivity index (χ0n) is 12.3. The number of hydrogen-bond acceptors (Lipinski definition) is 4. The molecule has 0 radical (unpaired) electrons. The first-order valence-electron chi connectivity index (χ1n) is 7.34. The molecule has 22 heavy (non-hydrogen) atoms. The van der Waals surface area contributed by atoms with Crippen LogP contribution in [0.5, 0.6) is 5.75 Å². The maximum atomic E-state index is 12.4. The van der Waals surface area contributed by atoms with Crippen molar-refractivity contribution in [1.29, 1.82) is 0 Å². The van der Waals surface area contributed by atoms with Crippen molar-refractivity contribution in [1.82, 2.24) is 10.3 Å². The van der Waals surface area contributed by atoms with Crippen molar-refractivity contribution in [2.24, 2.45) is 0 Å². The highest BCUT2D eigenvalue weighted by Gasteiger charge is 2.27. The van der Waals surface area contributed by atoms with Gasteiger partial charge in [0.2, 0.25) is 5.91 Å². The van der Waals surface area contributed by atoms with Crippen molar-refractivity contribution in [3.8, 4) is 5.75 Å². The molecule has 1 aliphatic carbocycles. The Bertz CT molecular complexity index is 676. The van der Waals surface area contributed by atoms with Crippen LogP contribution in [0.1, 0.15) is 30.5 Å². The van der Waals surface area contributed by atoms with Gasteiger partial charge in [-0.3, -0.25) is 4.79 Å². The number of nitrogens with zero attached hydrogens (tertiary/aromatic N) is 1. The molecule has 1 heterocycles. The summed E-state index contributed by atoms with van der Waals surface area (Å²) in [7, 11) is 0. The topological polar surface area (TPSA) is 62.2 Å². The lowest BCUT2D eigenvalue weighted by Crippen LogP contribution is -2.33. The largest absolute Gasteiger partial charge is 0.508 e. The van der Waals surface area contributed by atoms with Crippen molar-refractivity contribution in [2.75, 3.05) is 0 Å². The lowest BCUT2D eigenvalue weighted by molar-refractivity contribution is -0.121. The van der Waals surface area contributed by atoms with Gasteiger partial charge in [-0.2, -0.15) is 0 Å². The van der Waals surface area contributed by atoms with Gasteiger partial charge in [-0.1, -0.05) is 30.0 Å². The summed E-state index contributed by atoms with van der Waals surface area (Å²) in [4.78, 5) is 16.6. The minimum absolute atomic E-state index is 0.00292. The number of phenolic OH excluding ortho intramolecular Hbond substituents is 1. The molecular formula is C17H18N2O2S. The summed E-state index contributed by atoms with van der Waals surface area (Å²) in [6.07, 6.45) is 3.36. The number of hydrogen-bond donors (Lipinski definition) is 2. The number of amides is 1. The maximum absolute atomic E-state index is 12.4. The standard InChI is InChI=1S/C17H18N2O2S/c1-11(22-16-7-2-3-10-18-16)17(21)19-14-9-8-13-12(14)5-4-6-15(13)20/h2-7,10-11,14,20H,8-9H2,1H3,(H,19,21)/t11-,14-/m0/s1. The molecule has 4 nitrogen and oxygen atoms in total. The number of fused-ring (bicyclic) bond motifs is 1. The SMILES string of the molecule is C[C@H](Sc1ccccn1)C(=O)N[C@H]1CCc2c(O)cccc21. The Balaban J connectivity index is 1.65. The second-order valence-corrected chi connectivity index (χ2v) is 6.73. The molecule has 0 unspecified atom stereocenters. The fraction of sp³-hybridized carbons (Fsp3) is 0.294. The van der Waals surface area contributed by atoms with E-state index in [2.05, 4.69) is 10.3 Å². The normalized spacial score (nSPS) is 17.8. The molecule has 0 saturated heterocycles. The van der Waals surface area contributed by atoms with Crippen molar-refractivity contribution in [2.45, 2.75) is 36.1 Å². The molecular weight excluding hydrogens is 296 g/mol. The van der Waals surface area contributed by atoms with E-state index in [0.29, 0.717) is 5.75 Å². The number of phenols is 1. The third kappa shape index (κ3) is 3.09. The minimum Gasteiger partial charge on any atom is -0.508 e. The molecule has 0 fully saturated rings. The highest BCUT2D eigenvalue weighted by Crippen LogP contribution is 2.36. The van der Waals surface area contributed by atoms with Crippen LogP contribution in [0, 0.1) is 0 Å². The summed E-state index contributed by atoms with van der Waals surface area (Å²) in [6.45, 7) is 1.88. The predicted molar refractivity (Wildman–Crippen MR) is 86.9 cm³/mol. The van der Waals surface area contributed by atoms with Gasteiger partial charge in [0.05, 0.1) is 16.3 Å². The Kier molecular flexibility index (Phi) is 4.34. The number of aromatic hydroxyl groups is 1. The number of carbonyl (C=O) groups is 1. The van der Waals surface area contributed by atoms with Crippen molar-refractivity contribution in [3.63, 3.8) is 0 Å². The van der Waals surface area contributed by atoms with E-state index in [4.69, 9.17) is 0 Å². The van der Waals surface area contributed by atoms with Crippen molar-refractivity contribution < 1.29 is 9.90 Å². The third-order valence-electron chi connectivity index (χ3n) is 3.87. The number of carbonyl (C=O) groups excluding carboxylic acids is 1. The van der Waals surface area contributed by atoms with Crippen LogP contribution in [0.4, 0.5) is 0 Å². The number of rotatable bonds is 4. The number of benzene rings is 1. The van der Waals surface area contributed by atoms with Crippen LogP contribution in [0.25, 0.3) is 0 Å². The van der Waals surface area contributed by atoms with Crippen molar-refractivity contribution in [3.05, 3.63) is 53.7 Å². The summed E-state index contributed by atoms with van der Waals surface area (Å²) < 4.78 is 0. The highest BCUT2D eigenvalue weighted by atomic mass is 32.2. The zero-order chi connectivity index (χ0) is 15.5. The second kappa shape index (κ2) is 6.40. The summed E-state index contributed by atoms with van der Waals surface area (Å²) >= 11 is 1.45. The van der Waals surface area contributed by atoms with Crippen LogP contribution in [-0.2, 0) is 11.2 Å². The van der Waals surface area contributed by atoms with Gasteiger partial charge in [0.1, 0.15) is 5.75 Å². The van der Waals surface area contributed by atoms with E-state index in [-0.39, 0.29) is 17.2 Å². The number of thioether (sulfide) groups is 1. The first kappa shape index (κ1) is 14.9. The summed E-state index contributed by atoms with van der Waals surface area (Å²) in [5.41, 5.74) is 1.99. The van der Waals surface area contributed by atoms with E-state index in [0.717, 1.165) is 29.0 Å². The Labute approximate surface area is 134 Å². The van der Waals surface area contributed by atoms with E-state index in [1.807, 2.05) is 37.3 Å². The Morgan fingerprint density at radius 2 is 2.23 bits per heavy atom. The third-order valence-corrected chi connectivity index (χ3v) is 4.92. The molecule has 0 spiro atoms. The molecule has 1 aromatic carbocycles. The van der Waals surface area contributed by atoms with Gasteiger partial charge in [0.25, 0.3) is 0 Å². The van der Waals surface area contributed by atoms with Crippen LogP contribution >= 0.6 is 11.8 Å². The Hall–Kier alpha value is -2.01. The van der Waals surface area contributed by atoms with Crippen molar-refractivity contribution >= 4 is 17.7 Å². The van der Waals surface area contributed by atoms with Crippen LogP contribution < -0.4 is 5.32 Å². The minimum atomic E-state index is -0.212. The number of aromatic nitrogens is 1. The zero-order valence-corrected chi connectivity index (χ0v) is 13.1. The molecule has 114 valence electrons. The van der Waals surface area contributed by atoms with Gasteiger partial charge in [0, 0.05) is 6.20 Å². The first-order chi connectivity index (χ1) is 10.6. The molecule has 1 amide bonds. The molecule has 2 aromatic rings. The van der Waals surface area contributed by atoms with Gasteiger partial charge in [-0.15, -0.1) is 0 Å². The fourth-order valence-electron chi connectivity index (χ4n) is 2.73. The fourth-order valence-corrected chi connectivity index (χ4v) is 3.54. The van der Waals surface area contributed by atoms with E-state index < -0.39 is 0 Å². The smallest absolute Gasteiger partial charge is 0.233 e. The highest BCUT2D eigenvalue weighted by molar-refractivity contribution is 8.00. The quantitative estimate of drug-likeness (QED) is 0.851. The first-order valence-corrected chi connectivity index (χ1v) is 8.22. The summed E-state index contributed by atoms with van der Waals surface area (Å²) in [5, 5.41) is 13.6. The van der Waals surface area contributed by atoms with E-state index in [1.165, 1.54) is 11.8 Å². The van der Waals surface area contributed by atoms with Crippen LogP contribution in [0.15, 0.2) is 47.6 Å². The van der Waals surface area contributed by atoms with Gasteiger partial charge in [-0.25, -0.2) is 4.98 Å². The maximum Gasteiger partial charge on any atom is 0.233 e. The average Bonchev–Trinajstić information content (AvgIpc) is 2.93. The molecule has 5 heteroatoms. The average molecular weight is 314 g/mol. The van der Waals surface area contributed by atoms with Crippen LogP contribution in [0.3, 0.4) is 0 Å². The van der Waals surface area contributed by atoms with Gasteiger partial charge in [0.15, 0.2) is 0 Å². The van der Waals surface area contributed by atoms with Gasteiger partial charge in [-0.05, 0) is 49.1 Å². The molecule has 0 aliphatic heterocycles. The Morgan fingerprint density at radius 1 is 1.36 bits per heavy atom. The lowest BCUT2D eigenvalue weighted by Gasteiger charge is -2.17. The molecule has 2 atom stereocenters. The van der Waals surface area contributed by atoms with E-state index in [9.17, 15) is 9.90 Å². The Morgan fingerprint density at radius 3 is 3.00 bits per heavy atom. The van der Waals surface area contributed by atoms with Gasteiger partial charge >= 0.3 is 0 Å². The number of nitrogens with one attached hydrogen (secondary N) is 1. The summed E-state index contributed by atoms with van der Waals surface area (Å²) in [6, 6.07) is 11.2. The molecule has 1 aliphatic rings. The molecule has 2 N–H and O–H groups in total. The summed E-state index contributed by atoms with van der Waals surface area (Å²) in [5.74, 6) is 0.321. The molecule has 1 aromatic heterocycles. The van der Waals surface area contributed by atoms with E-state index >= 15 is 0 Å². The van der Waals surface area contributed by atoms with Crippen LogP contribution in [-0.4, -0.2) is 21.2 Å². The second-order valence-electron chi connectivity index (χ2n) is 5.37. The van der Waals surface area contributed by atoms with Crippen LogP contribution in [0.2, 0.25) is 0 Å². The lowest BCUT2D eigenvalue weighted by atomic mass is 10.1. The van der Waals surface area contributed by atoms with Gasteiger partial charge < -0.3 is 10.4 Å². The molecule has 0 saturated carbocycles. The molecule has 0 bridgehead atoms. The number of pyridine rings is 1. The molecule has 3 rings (SSSR count). The predicted octanol–water partition coefficient (Wildman–Crippen LogP) is 3.07. The van der Waals surface area contributed by atoms with E-state index in [1.54, 1.807) is 12.3 Å². The monoisotopic (exact) mass is 314 g/mol.